The fourth-order valence-corrected chi connectivity index (χ4v) is 2.18. The lowest BCUT2D eigenvalue weighted by Crippen LogP contribution is -2.12. The Morgan fingerprint density at radius 3 is 2.81 bits per heavy atom. The first-order chi connectivity index (χ1) is 7.70. The van der Waals surface area contributed by atoms with Crippen LogP contribution in [0.3, 0.4) is 0 Å². The number of fused-ring (bicyclic) bond motifs is 1. The van der Waals surface area contributed by atoms with Crippen molar-refractivity contribution in [2.45, 2.75) is 18.9 Å². The molecule has 3 rings (SSSR count). The van der Waals surface area contributed by atoms with Crippen LogP contribution in [0.4, 0.5) is 0 Å². The quantitative estimate of drug-likeness (QED) is 0.754. The predicted octanol–water partition coefficient (Wildman–Crippen LogP) is 2.40. The summed E-state index contributed by atoms with van der Waals surface area (Å²) in [6.45, 7) is 0. The molecule has 0 spiro atoms. The Labute approximate surface area is 95.4 Å². The number of benzene rings is 1. The molecule has 0 radical (unpaired) electrons. The summed E-state index contributed by atoms with van der Waals surface area (Å²) in [5.74, 6) is -0.401. The first kappa shape index (κ1) is 9.66. The molecule has 2 aromatic rings. The van der Waals surface area contributed by atoms with Gasteiger partial charge in [-0.1, -0.05) is 11.6 Å². The van der Waals surface area contributed by atoms with Crippen LogP contribution in [-0.4, -0.2) is 10.9 Å². The third kappa shape index (κ3) is 1.30. The second-order valence-corrected chi connectivity index (χ2v) is 4.34. The highest BCUT2D eigenvalue weighted by Gasteiger charge is 2.29. The average Bonchev–Trinajstić information content (AvgIpc) is 3.01. The molecule has 4 nitrogen and oxygen atoms in total. The van der Waals surface area contributed by atoms with Gasteiger partial charge < -0.3 is 4.42 Å². The topological polar surface area (TPSA) is 52.2 Å². The summed E-state index contributed by atoms with van der Waals surface area (Å²) in [7, 11) is 0. The Morgan fingerprint density at radius 1 is 1.44 bits per heavy atom. The van der Waals surface area contributed by atoms with E-state index in [1.54, 1.807) is 10.6 Å². The molecule has 0 atom stereocenters. The van der Waals surface area contributed by atoms with Gasteiger partial charge in [0.25, 0.3) is 0 Å². The van der Waals surface area contributed by atoms with Gasteiger partial charge in [0.1, 0.15) is 11.8 Å². The molecule has 0 amide bonds. The number of oxazole rings is 1. The summed E-state index contributed by atoms with van der Waals surface area (Å²) in [4.78, 5) is 22.3. The molecule has 5 heteroatoms. The van der Waals surface area contributed by atoms with E-state index in [2.05, 4.69) is 0 Å². The van der Waals surface area contributed by atoms with Crippen LogP contribution >= 0.6 is 11.6 Å². The number of halogens is 1. The predicted molar refractivity (Wildman–Crippen MR) is 59.1 cm³/mol. The van der Waals surface area contributed by atoms with Crippen molar-refractivity contribution in [1.82, 2.24) is 4.57 Å². The lowest BCUT2D eigenvalue weighted by molar-refractivity contribution is 0.112. The molecule has 1 fully saturated rings. The van der Waals surface area contributed by atoms with Crippen molar-refractivity contribution in [3.8, 4) is 0 Å². The maximum absolute atomic E-state index is 11.6. The normalized spacial score (nSPS) is 15.6. The number of rotatable bonds is 2. The zero-order valence-corrected chi connectivity index (χ0v) is 9.03. The Kier molecular flexibility index (Phi) is 1.94. The lowest BCUT2D eigenvalue weighted by atomic mass is 10.2. The number of hydrogen-bond acceptors (Lipinski definition) is 3. The highest BCUT2D eigenvalue weighted by molar-refractivity contribution is 6.35. The van der Waals surface area contributed by atoms with Gasteiger partial charge in [0.15, 0.2) is 5.58 Å². The van der Waals surface area contributed by atoms with E-state index in [1.165, 1.54) is 6.07 Å². The van der Waals surface area contributed by atoms with Crippen LogP contribution in [-0.2, 0) is 0 Å². The minimum Gasteiger partial charge on any atom is -0.408 e. The fourth-order valence-electron chi connectivity index (χ4n) is 1.87. The number of aromatic nitrogens is 1. The van der Waals surface area contributed by atoms with Gasteiger partial charge in [0, 0.05) is 11.6 Å². The molecule has 1 aromatic heterocycles. The third-order valence-corrected chi connectivity index (χ3v) is 3.02. The van der Waals surface area contributed by atoms with Crippen LogP contribution in [0.5, 0.6) is 0 Å². The molecule has 0 bridgehead atoms. The molecule has 0 N–H and O–H groups in total. The van der Waals surface area contributed by atoms with E-state index in [0.29, 0.717) is 28.0 Å². The van der Waals surface area contributed by atoms with Crippen molar-refractivity contribution in [2.75, 3.05) is 0 Å². The molecule has 0 aliphatic heterocycles. The largest absolute Gasteiger partial charge is 0.420 e. The smallest absolute Gasteiger partial charge is 0.408 e. The molecule has 1 aliphatic carbocycles. The zero-order chi connectivity index (χ0) is 11.3. The van der Waals surface area contributed by atoms with E-state index in [1.807, 2.05) is 0 Å². The first-order valence-electron chi connectivity index (χ1n) is 5.00. The summed E-state index contributed by atoms with van der Waals surface area (Å²) in [6.07, 6.45) is 2.63. The average molecular weight is 238 g/mol. The van der Waals surface area contributed by atoms with E-state index in [0.717, 1.165) is 12.8 Å². The molecule has 1 aliphatic rings. The van der Waals surface area contributed by atoms with Gasteiger partial charge in [-0.2, -0.15) is 0 Å². The van der Waals surface area contributed by atoms with E-state index in [4.69, 9.17) is 16.0 Å². The van der Waals surface area contributed by atoms with Crippen LogP contribution < -0.4 is 5.76 Å². The zero-order valence-electron chi connectivity index (χ0n) is 8.27. The summed E-state index contributed by atoms with van der Waals surface area (Å²) >= 11 is 6.05. The van der Waals surface area contributed by atoms with Gasteiger partial charge >= 0.3 is 5.76 Å². The van der Waals surface area contributed by atoms with Crippen molar-refractivity contribution in [3.63, 3.8) is 0 Å². The van der Waals surface area contributed by atoms with Crippen molar-refractivity contribution in [1.29, 1.82) is 0 Å². The van der Waals surface area contributed by atoms with Gasteiger partial charge in [-0.05, 0) is 25.0 Å². The number of aldehydes is 1. The van der Waals surface area contributed by atoms with Crippen LogP contribution in [0, 0.1) is 0 Å². The van der Waals surface area contributed by atoms with Crippen molar-refractivity contribution < 1.29 is 9.21 Å². The van der Waals surface area contributed by atoms with Gasteiger partial charge in [0.05, 0.1) is 5.02 Å². The Bertz CT molecular complexity index is 636. The highest BCUT2D eigenvalue weighted by atomic mass is 35.5. The highest BCUT2D eigenvalue weighted by Crippen LogP contribution is 2.38. The molecule has 16 heavy (non-hydrogen) atoms. The fraction of sp³-hybridized carbons (Fsp3) is 0.273. The van der Waals surface area contributed by atoms with Crippen LogP contribution in [0.15, 0.2) is 21.3 Å². The van der Waals surface area contributed by atoms with Gasteiger partial charge in [0.2, 0.25) is 0 Å². The van der Waals surface area contributed by atoms with Crippen molar-refractivity contribution in [3.05, 3.63) is 33.3 Å². The maximum Gasteiger partial charge on any atom is 0.420 e. The lowest BCUT2D eigenvalue weighted by Gasteiger charge is -2.00. The van der Waals surface area contributed by atoms with E-state index >= 15 is 0 Å². The molecule has 1 aromatic carbocycles. The van der Waals surface area contributed by atoms with Crippen LogP contribution in [0.1, 0.15) is 29.2 Å². The number of carbonyl (C=O) groups is 1. The van der Waals surface area contributed by atoms with E-state index in [9.17, 15) is 9.59 Å². The SMILES string of the molecule is O=Cc1cc(Cl)c2c(c1)oc(=O)n2C1CC1. The summed E-state index contributed by atoms with van der Waals surface area (Å²) < 4.78 is 6.66. The molecule has 82 valence electrons. The Morgan fingerprint density at radius 2 is 2.19 bits per heavy atom. The van der Waals surface area contributed by atoms with Crippen LogP contribution in [0.2, 0.25) is 5.02 Å². The molecular weight excluding hydrogens is 230 g/mol. The minimum atomic E-state index is -0.401. The van der Waals surface area contributed by atoms with Crippen LogP contribution in [0.25, 0.3) is 11.1 Å². The summed E-state index contributed by atoms with van der Waals surface area (Å²) in [6, 6.07) is 3.28. The first-order valence-corrected chi connectivity index (χ1v) is 5.38. The number of carbonyl (C=O) groups excluding carboxylic acids is 1. The van der Waals surface area contributed by atoms with E-state index in [-0.39, 0.29) is 6.04 Å². The minimum absolute atomic E-state index is 0.202. The Hall–Kier alpha value is -1.55. The summed E-state index contributed by atoms with van der Waals surface area (Å²) in [5, 5.41) is 0.386. The molecule has 0 saturated heterocycles. The molecule has 0 unspecified atom stereocenters. The number of nitrogens with zero attached hydrogens (tertiary/aromatic N) is 1. The monoisotopic (exact) mass is 237 g/mol. The third-order valence-electron chi connectivity index (χ3n) is 2.73. The van der Waals surface area contributed by atoms with Gasteiger partial charge in [-0.15, -0.1) is 0 Å². The maximum atomic E-state index is 11.6. The van der Waals surface area contributed by atoms with Crippen molar-refractivity contribution in [2.24, 2.45) is 0 Å². The van der Waals surface area contributed by atoms with E-state index < -0.39 is 5.76 Å². The van der Waals surface area contributed by atoms with Gasteiger partial charge in [-0.25, -0.2) is 4.79 Å². The molecular formula is C11H8ClNO3. The standard InChI is InChI=1S/C11H8ClNO3/c12-8-3-6(5-14)4-9-10(8)13(7-1-2-7)11(15)16-9/h3-5,7H,1-2H2. The van der Waals surface area contributed by atoms with Crippen molar-refractivity contribution >= 4 is 29.0 Å². The Balaban J connectivity index is 2.39. The second kappa shape index (κ2) is 3.22. The molecule has 1 saturated carbocycles. The second-order valence-electron chi connectivity index (χ2n) is 3.94. The van der Waals surface area contributed by atoms with Gasteiger partial charge in [-0.3, -0.25) is 9.36 Å². The molecule has 1 heterocycles. The number of hydrogen-bond donors (Lipinski definition) is 0. The summed E-state index contributed by atoms with van der Waals surface area (Å²) in [5.41, 5.74) is 1.39.